The summed E-state index contributed by atoms with van der Waals surface area (Å²) >= 11 is 0. The predicted octanol–water partition coefficient (Wildman–Crippen LogP) is 2.07. The number of carboxylic acids is 1. The molecular weight excluding hydrogens is 279 g/mol. The van der Waals surface area contributed by atoms with Crippen molar-refractivity contribution < 1.29 is 23.8 Å². The van der Waals surface area contributed by atoms with Crippen molar-refractivity contribution in [3.8, 4) is 0 Å². The van der Waals surface area contributed by atoms with Gasteiger partial charge in [0.25, 0.3) is 0 Å². The van der Waals surface area contributed by atoms with Crippen LogP contribution in [0.5, 0.6) is 0 Å². The van der Waals surface area contributed by atoms with Crippen LogP contribution in [0.3, 0.4) is 0 Å². The molecule has 0 saturated carbocycles. The SMILES string of the molecule is CC1OCCC1CNC(=O)Nc1ccc(F)cc1C(=O)O. The van der Waals surface area contributed by atoms with Crippen LogP contribution >= 0.6 is 0 Å². The molecule has 1 aromatic carbocycles. The third kappa shape index (κ3) is 3.91. The van der Waals surface area contributed by atoms with E-state index in [-0.39, 0.29) is 23.3 Å². The fourth-order valence-electron chi connectivity index (χ4n) is 2.24. The van der Waals surface area contributed by atoms with Crippen molar-refractivity contribution in [3.63, 3.8) is 0 Å². The predicted molar refractivity (Wildman–Crippen MR) is 73.9 cm³/mol. The van der Waals surface area contributed by atoms with Crippen molar-refractivity contribution >= 4 is 17.7 Å². The molecule has 0 radical (unpaired) electrons. The Morgan fingerprint density at radius 1 is 1.48 bits per heavy atom. The molecule has 0 spiro atoms. The lowest BCUT2D eigenvalue weighted by Gasteiger charge is -2.15. The second-order valence-electron chi connectivity index (χ2n) is 4.95. The largest absolute Gasteiger partial charge is 0.478 e. The van der Waals surface area contributed by atoms with Crippen molar-refractivity contribution in [1.29, 1.82) is 0 Å². The molecule has 2 atom stereocenters. The number of urea groups is 1. The Hall–Kier alpha value is -2.15. The van der Waals surface area contributed by atoms with Crippen LogP contribution in [0, 0.1) is 11.7 Å². The number of benzene rings is 1. The molecule has 1 aliphatic heterocycles. The summed E-state index contributed by atoms with van der Waals surface area (Å²) in [6.45, 7) is 3.06. The van der Waals surface area contributed by atoms with E-state index >= 15 is 0 Å². The molecule has 1 heterocycles. The maximum absolute atomic E-state index is 13.0. The van der Waals surface area contributed by atoms with E-state index < -0.39 is 17.8 Å². The van der Waals surface area contributed by atoms with E-state index in [1.807, 2.05) is 6.92 Å². The van der Waals surface area contributed by atoms with Crippen molar-refractivity contribution in [2.45, 2.75) is 19.4 Å². The van der Waals surface area contributed by atoms with Crippen LogP contribution in [-0.4, -0.2) is 36.4 Å². The number of hydrogen-bond donors (Lipinski definition) is 3. The third-order valence-corrected chi connectivity index (χ3v) is 3.52. The average Bonchev–Trinajstić information content (AvgIpc) is 2.84. The summed E-state index contributed by atoms with van der Waals surface area (Å²) < 4.78 is 18.4. The lowest BCUT2D eigenvalue weighted by atomic mass is 10.0. The van der Waals surface area contributed by atoms with Crippen LogP contribution in [0.2, 0.25) is 0 Å². The first kappa shape index (κ1) is 15.2. The molecule has 1 saturated heterocycles. The summed E-state index contributed by atoms with van der Waals surface area (Å²) in [6, 6.07) is 2.66. The van der Waals surface area contributed by atoms with Gasteiger partial charge in [-0.25, -0.2) is 14.0 Å². The fraction of sp³-hybridized carbons (Fsp3) is 0.429. The molecular formula is C14H17FN2O4. The summed E-state index contributed by atoms with van der Waals surface area (Å²) in [5.41, 5.74) is -0.236. The highest BCUT2D eigenvalue weighted by molar-refractivity contribution is 5.99. The van der Waals surface area contributed by atoms with Crippen LogP contribution in [0.25, 0.3) is 0 Å². The maximum Gasteiger partial charge on any atom is 0.337 e. The molecule has 7 heteroatoms. The number of amides is 2. The summed E-state index contributed by atoms with van der Waals surface area (Å²) in [4.78, 5) is 22.8. The van der Waals surface area contributed by atoms with E-state index in [9.17, 15) is 14.0 Å². The minimum absolute atomic E-state index is 0.0529. The van der Waals surface area contributed by atoms with Gasteiger partial charge in [0.1, 0.15) is 5.82 Å². The smallest absolute Gasteiger partial charge is 0.337 e. The number of ether oxygens (including phenoxy) is 1. The Morgan fingerprint density at radius 3 is 2.86 bits per heavy atom. The zero-order chi connectivity index (χ0) is 15.4. The molecule has 3 N–H and O–H groups in total. The molecule has 2 amide bonds. The molecule has 114 valence electrons. The molecule has 6 nitrogen and oxygen atoms in total. The van der Waals surface area contributed by atoms with Gasteiger partial charge in [-0.1, -0.05) is 0 Å². The number of anilines is 1. The van der Waals surface area contributed by atoms with Crippen molar-refractivity contribution in [2.24, 2.45) is 5.92 Å². The second kappa shape index (κ2) is 6.53. The number of carbonyl (C=O) groups excluding carboxylic acids is 1. The van der Waals surface area contributed by atoms with Gasteiger partial charge in [0.05, 0.1) is 17.4 Å². The Balaban J connectivity index is 1.95. The highest BCUT2D eigenvalue weighted by atomic mass is 19.1. The Kier molecular flexibility index (Phi) is 4.74. The molecule has 1 fully saturated rings. The van der Waals surface area contributed by atoms with Crippen LogP contribution in [0.15, 0.2) is 18.2 Å². The van der Waals surface area contributed by atoms with Gasteiger partial charge in [0.2, 0.25) is 0 Å². The first-order chi connectivity index (χ1) is 9.97. The third-order valence-electron chi connectivity index (χ3n) is 3.52. The molecule has 21 heavy (non-hydrogen) atoms. The quantitative estimate of drug-likeness (QED) is 0.793. The standard InChI is InChI=1S/C14H17FN2O4/c1-8-9(4-5-21-8)7-16-14(20)17-12-3-2-10(15)6-11(12)13(18)19/h2-3,6,8-9H,4-5,7H2,1H3,(H,18,19)(H2,16,17,20). The van der Waals surface area contributed by atoms with Crippen LogP contribution in [0.1, 0.15) is 23.7 Å². The highest BCUT2D eigenvalue weighted by Gasteiger charge is 2.24. The van der Waals surface area contributed by atoms with E-state index in [0.717, 1.165) is 18.6 Å². The van der Waals surface area contributed by atoms with E-state index in [1.165, 1.54) is 6.07 Å². The first-order valence-electron chi connectivity index (χ1n) is 6.66. The Bertz CT molecular complexity index is 550. The first-order valence-corrected chi connectivity index (χ1v) is 6.66. The molecule has 1 aromatic rings. The normalized spacial score (nSPS) is 21.0. The molecule has 0 aliphatic carbocycles. The number of aromatic carboxylic acids is 1. The number of rotatable bonds is 4. The number of nitrogens with one attached hydrogen (secondary N) is 2. The zero-order valence-corrected chi connectivity index (χ0v) is 11.6. The van der Waals surface area contributed by atoms with Crippen molar-refractivity contribution in [3.05, 3.63) is 29.6 Å². The maximum atomic E-state index is 13.0. The molecule has 2 unspecified atom stereocenters. The van der Waals surface area contributed by atoms with E-state index in [1.54, 1.807) is 0 Å². The van der Waals surface area contributed by atoms with E-state index in [2.05, 4.69) is 10.6 Å². The van der Waals surface area contributed by atoms with Crippen LogP contribution in [-0.2, 0) is 4.74 Å². The number of hydrogen-bond acceptors (Lipinski definition) is 3. The number of carbonyl (C=O) groups is 2. The van der Waals surface area contributed by atoms with Crippen LogP contribution in [0.4, 0.5) is 14.9 Å². The summed E-state index contributed by atoms with van der Waals surface area (Å²) in [5, 5.41) is 14.1. The molecule has 0 bridgehead atoms. The van der Waals surface area contributed by atoms with Crippen molar-refractivity contribution in [2.75, 3.05) is 18.5 Å². The van der Waals surface area contributed by atoms with Gasteiger partial charge in [0, 0.05) is 19.1 Å². The van der Waals surface area contributed by atoms with Gasteiger partial charge in [-0.15, -0.1) is 0 Å². The molecule has 1 aliphatic rings. The van der Waals surface area contributed by atoms with E-state index in [4.69, 9.17) is 9.84 Å². The lowest BCUT2D eigenvalue weighted by molar-refractivity contribution is 0.0697. The fourth-order valence-corrected chi connectivity index (χ4v) is 2.24. The minimum Gasteiger partial charge on any atom is -0.478 e. The van der Waals surface area contributed by atoms with Gasteiger partial charge >= 0.3 is 12.0 Å². The van der Waals surface area contributed by atoms with Crippen molar-refractivity contribution in [1.82, 2.24) is 5.32 Å². The summed E-state index contributed by atoms with van der Waals surface area (Å²) in [5.74, 6) is -1.74. The van der Waals surface area contributed by atoms with Gasteiger partial charge in [-0.2, -0.15) is 0 Å². The topological polar surface area (TPSA) is 87.7 Å². The van der Waals surface area contributed by atoms with Gasteiger partial charge in [-0.3, -0.25) is 0 Å². The average molecular weight is 296 g/mol. The number of carboxylic acid groups (broad SMARTS) is 1. The van der Waals surface area contributed by atoms with E-state index in [0.29, 0.717) is 13.2 Å². The molecule has 0 aromatic heterocycles. The Labute approximate surface area is 121 Å². The van der Waals surface area contributed by atoms with Gasteiger partial charge < -0.3 is 20.5 Å². The summed E-state index contributed by atoms with van der Waals surface area (Å²) in [6.07, 6.45) is 0.962. The Morgan fingerprint density at radius 2 is 2.24 bits per heavy atom. The van der Waals surface area contributed by atoms with Gasteiger partial charge in [-0.05, 0) is 31.5 Å². The zero-order valence-electron chi connectivity index (χ0n) is 11.6. The monoisotopic (exact) mass is 296 g/mol. The van der Waals surface area contributed by atoms with Gasteiger partial charge in [0.15, 0.2) is 0 Å². The lowest BCUT2D eigenvalue weighted by Crippen LogP contribution is -2.35. The molecule has 2 rings (SSSR count). The number of halogens is 1. The summed E-state index contributed by atoms with van der Waals surface area (Å²) in [7, 11) is 0. The van der Waals surface area contributed by atoms with Crippen LogP contribution < -0.4 is 10.6 Å². The second-order valence-corrected chi connectivity index (χ2v) is 4.95. The minimum atomic E-state index is -1.30. The highest BCUT2D eigenvalue weighted by Crippen LogP contribution is 2.20.